The molecule has 4 heteroatoms. The predicted octanol–water partition coefficient (Wildman–Crippen LogP) is 3.42. The van der Waals surface area contributed by atoms with Crippen LogP contribution in [0.4, 0.5) is 5.69 Å². The highest BCUT2D eigenvalue weighted by Crippen LogP contribution is 2.28. The third-order valence-electron chi connectivity index (χ3n) is 3.74. The number of anilines is 1. The molecule has 0 saturated carbocycles. The zero-order valence-corrected chi connectivity index (χ0v) is 13.2. The molecule has 3 nitrogen and oxygen atoms in total. The summed E-state index contributed by atoms with van der Waals surface area (Å²) in [5.74, 6) is 1.67. The minimum absolute atomic E-state index is 0.683. The highest BCUT2D eigenvalue weighted by Gasteiger charge is 2.17. The van der Waals surface area contributed by atoms with E-state index in [0.29, 0.717) is 5.92 Å². The maximum absolute atomic E-state index is 9.39. The Morgan fingerprint density at radius 2 is 2.35 bits per heavy atom. The van der Waals surface area contributed by atoms with E-state index in [2.05, 4.69) is 30.3 Å². The summed E-state index contributed by atoms with van der Waals surface area (Å²) in [6.45, 7) is 5.43. The number of hydrogen-bond acceptors (Lipinski definition) is 4. The van der Waals surface area contributed by atoms with Crippen molar-refractivity contribution in [1.29, 1.82) is 5.26 Å². The number of thioether (sulfide) groups is 1. The third-order valence-corrected chi connectivity index (χ3v) is 4.68. The molecule has 1 saturated heterocycles. The molecule has 0 amide bonds. The third kappa shape index (κ3) is 3.91. The fourth-order valence-corrected chi connectivity index (χ4v) is 3.55. The van der Waals surface area contributed by atoms with Gasteiger partial charge < -0.3 is 10.2 Å². The van der Waals surface area contributed by atoms with Gasteiger partial charge in [-0.3, -0.25) is 0 Å². The standard InChI is InChI=1S/C16H23N3S/c1-3-20-16-8-4-7-15(14(16)10-17)18-11-13-6-5-9-19(2)12-13/h4,7-8,13,18H,3,5-6,9,11-12H2,1-2H3. The van der Waals surface area contributed by atoms with Gasteiger partial charge >= 0.3 is 0 Å². The van der Waals surface area contributed by atoms with Crippen molar-refractivity contribution in [2.75, 3.05) is 37.8 Å². The number of nitrogens with zero attached hydrogens (tertiary/aromatic N) is 2. The van der Waals surface area contributed by atoms with Gasteiger partial charge in [-0.15, -0.1) is 11.8 Å². The van der Waals surface area contributed by atoms with Gasteiger partial charge in [0.1, 0.15) is 6.07 Å². The van der Waals surface area contributed by atoms with Gasteiger partial charge in [-0.2, -0.15) is 5.26 Å². The molecule has 0 spiro atoms. The summed E-state index contributed by atoms with van der Waals surface area (Å²) < 4.78 is 0. The lowest BCUT2D eigenvalue weighted by molar-refractivity contribution is 0.217. The van der Waals surface area contributed by atoms with E-state index in [1.54, 1.807) is 11.8 Å². The monoisotopic (exact) mass is 289 g/mol. The zero-order chi connectivity index (χ0) is 14.4. The minimum atomic E-state index is 0.683. The van der Waals surface area contributed by atoms with E-state index in [1.807, 2.05) is 18.2 Å². The number of piperidine rings is 1. The Kier molecular flexibility index (Phi) is 5.75. The zero-order valence-electron chi connectivity index (χ0n) is 12.4. The van der Waals surface area contributed by atoms with Gasteiger partial charge in [0, 0.05) is 18.0 Å². The maximum Gasteiger partial charge on any atom is 0.102 e. The highest BCUT2D eigenvalue weighted by atomic mass is 32.2. The lowest BCUT2D eigenvalue weighted by atomic mass is 9.98. The Balaban J connectivity index is 2.02. The first-order valence-corrected chi connectivity index (χ1v) is 8.31. The van der Waals surface area contributed by atoms with E-state index in [4.69, 9.17) is 0 Å². The summed E-state index contributed by atoms with van der Waals surface area (Å²) in [7, 11) is 2.19. The molecule has 1 aromatic rings. The van der Waals surface area contributed by atoms with Gasteiger partial charge in [0.25, 0.3) is 0 Å². The topological polar surface area (TPSA) is 39.1 Å². The average molecular weight is 289 g/mol. The van der Waals surface area contributed by atoms with E-state index in [0.717, 1.165) is 35.0 Å². The molecule has 0 aromatic heterocycles. The van der Waals surface area contributed by atoms with E-state index in [1.165, 1.54) is 19.4 Å². The molecule has 1 aliphatic rings. The first-order valence-electron chi connectivity index (χ1n) is 7.33. The molecule has 1 heterocycles. The molecule has 1 N–H and O–H groups in total. The quantitative estimate of drug-likeness (QED) is 0.843. The summed E-state index contributed by atoms with van der Waals surface area (Å²) >= 11 is 1.73. The fraction of sp³-hybridized carbons (Fsp3) is 0.562. The summed E-state index contributed by atoms with van der Waals surface area (Å²) in [5, 5.41) is 12.9. The number of hydrogen-bond donors (Lipinski definition) is 1. The SMILES string of the molecule is CCSc1cccc(NCC2CCCN(C)C2)c1C#N. The lowest BCUT2D eigenvalue weighted by Crippen LogP contribution is -2.35. The fourth-order valence-electron chi connectivity index (χ4n) is 2.76. The number of likely N-dealkylation sites (tertiary alicyclic amines) is 1. The molecule has 1 unspecified atom stereocenters. The van der Waals surface area contributed by atoms with Gasteiger partial charge in [-0.25, -0.2) is 0 Å². The Labute approximate surface area is 126 Å². The first-order chi connectivity index (χ1) is 9.74. The molecule has 1 aliphatic heterocycles. The second-order valence-electron chi connectivity index (χ2n) is 5.37. The van der Waals surface area contributed by atoms with Gasteiger partial charge in [0.2, 0.25) is 0 Å². The van der Waals surface area contributed by atoms with Crippen LogP contribution < -0.4 is 5.32 Å². The maximum atomic E-state index is 9.39. The number of benzene rings is 1. The van der Waals surface area contributed by atoms with Crippen LogP contribution in [-0.2, 0) is 0 Å². The Morgan fingerprint density at radius 3 is 3.05 bits per heavy atom. The van der Waals surface area contributed by atoms with Crippen LogP contribution in [0.3, 0.4) is 0 Å². The smallest absolute Gasteiger partial charge is 0.102 e. The molecule has 1 aromatic carbocycles. The van der Waals surface area contributed by atoms with Crippen molar-refractivity contribution in [3.63, 3.8) is 0 Å². The second-order valence-corrected chi connectivity index (χ2v) is 6.68. The van der Waals surface area contributed by atoms with Crippen molar-refractivity contribution < 1.29 is 0 Å². The molecule has 1 atom stereocenters. The average Bonchev–Trinajstić information content (AvgIpc) is 2.45. The molecule has 20 heavy (non-hydrogen) atoms. The highest BCUT2D eigenvalue weighted by molar-refractivity contribution is 7.99. The molecule has 108 valence electrons. The Hall–Kier alpha value is -1.18. The van der Waals surface area contributed by atoms with Crippen molar-refractivity contribution in [3.8, 4) is 6.07 Å². The van der Waals surface area contributed by atoms with Crippen LogP contribution in [0, 0.1) is 17.2 Å². The molecule has 2 rings (SSSR count). The van der Waals surface area contributed by atoms with Gasteiger partial charge in [-0.05, 0) is 50.2 Å². The van der Waals surface area contributed by atoms with Crippen LogP contribution in [0.5, 0.6) is 0 Å². The summed E-state index contributed by atoms with van der Waals surface area (Å²) in [5.41, 5.74) is 1.78. The van der Waals surface area contributed by atoms with E-state index < -0.39 is 0 Å². The summed E-state index contributed by atoms with van der Waals surface area (Å²) in [4.78, 5) is 3.48. The van der Waals surface area contributed by atoms with Crippen LogP contribution in [-0.4, -0.2) is 37.3 Å². The molecule has 0 aliphatic carbocycles. The molecule has 1 fully saturated rings. The normalized spacial score (nSPS) is 19.6. The summed E-state index contributed by atoms with van der Waals surface area (Å²) in [6.07, 6.45) is 2.56. The van der Waals surface area contributed by atoms with Crippen LogP contribution in [0.1, 0.15) is 25.3 Å². The Bertz CT molecular complexity index is 481. The van der Waals surface area contributed by atoms with Gasteiger partial charge in [0.15, 0.2) is 0 Å². The second kappa shape index (κ2) is 7.56. The molecular weight excluding hydrogens is 266 g/mol. The predicted molar refractivity (Wildman–Crippen MR) is 86.3 cm³/mol. The van der Waals surface area contributed by atoms with Crippen molar-refractivity contribution in [3.05, 3.63) is 23.8 Å². The van der Waals surface area contributed by atoms with Gasteiger partial charge in [0.05, 0.1) is 11.3 Å². The number of nitrogens with one attached hydrogen (secondary N) is 1. The van der Waals surface area contributed by atoms with Crippen molar-refractivity contribution in [2.24, 2.45) is 5.92 Å². The van der Waals surface area contributed by atoms with Crippen molar-refractivity contribution in [1.82, 2.24) is 4.90 Å². The summed E-state index contributed by atoms with van der Waals surface area (Å²) in [6, 6.07) is 8.44. The van der Waals surface area contributed by atoms with E-state index >= 15 is 0 Å². The van der Waals surface area contributed by atoms with Crippen LogP contribution in [0.15, 0.2) is 23.1 Å². The van der Waals surface area contributed by atoms with Gasteiger partial charge in [-0.1, -0.05) is 13.0 Å². The van der Waals surface area contributed by atoms with Crippen LogP contribution in [0.2, 0.25) is 0 Å². The van der Waals surface area contributed by atoms with Crippen molar-refractivity contribution in [2.45, 2.75) is 24.7 Å². The van der Waals surface area contributed by atoms with E-state index in [-0.39, 0.29) is 0 Å². The number of rotatable bonds is 5. The van der Waals surface area contributed by atoms with E-state index in [9.17, 15) is 5.26 Å². The first kappa shape index (κ1) is 15.2. The van der Waals surface area contributed by atoms with Crippen molar-refractivity contribution >= 4 is 17.4 Å². The minimum Gasteiger partial charge on any atom is -0.384 e. The molecular formula is C16H23N3S. The Morgan fingerprint density at radius 1 is 1.50 bits per heavy atom. The molecule has 0 bridgehead atoms. The van der Waals surface area contributed by atoms with Crippen LogP contribution >= 0.6 is 11.8 Å². The molecule has 0 radical (unpaired) electrons. The largest absolute Gasteiger partial charge is 0.384 e. The van der Waals surface area contributed by atoms with Crippen LogP contribution in [0.25, 0.3) is 0 Å². The number of nitriles is 1. The lowest BCUT2D eigenvalue weighted by Gasteiger charge is -2.30.